The highest BCUT2D eigenvalue weighted by Gasteiger charge is 2.16. The Morgan fingerprint density at radius 1 is 0.968 bits per heavy atom. The Morgan fingerprint density at radius 3 is 2.26 bits per heavy atom. The molecule has 3 rings (SSSR count). The summed E-state index contributed by atoms with van der Waals surface area (Å²) in [6.07, 6.45) is 0. The summed E-state index contributed by atoms with van der Waals surface area (Å²) in [5.41, 5.74) is 1.26. The monoisotopic (exact) mass is 445 g/mol. The minimum absolute atomic E-state index is 0.0841. The molecule has 31 heavy (non-hydrogen) atoms. The maximum absolute atomic E-state index is 12.4. The zero-order valence-corrected chi connectivity index (χ0v) is 18.4. The number of nitrogens with one attached hydrogen (secondary N) is 1. The molecule has 0 radical (unpaired) electrons. The molecule has 0 unspecified atom stereocenters. The first kappa shape index (κ1) is 22.1. The van der Waals surface area contributed by atoms with Crippen molar-refractivity contribution in [2.45, 2.75) is 5.16 Å². The summed E-state index contributed by atoms with van der Waals surface area (Å²) in [6, 6.07) is 10.4. The number of rotatable bonds is 9. The Kier molecular flexibility index (Phi) is 7.08. The van der Waals surface area contributed by atoms with Crippen LogP contribution in [0.25, 0.3) is 11.4 Å². The fourth-order valence-corrected chi connectivity index (χ4v) is 3.41. The highest BCUT2D eigenvalue weighted by Crippen LogP contribution is 2.32. The van der Waals surface area contributed by atoms with Crippen molar-refractivity contribution in [2.24, 2.45) is 0 Å². The van der Waals surface area contributed by atoms with E-state index in [1.807, 2.05) is 0 Å². The molecule has 0 saturated heterocycles. The van der Waals surface area contributed by atoms with E-state index in [9.17, 15) is 4.79 Å². The van der Waals surface area contributed by atoms with Crippen molar-refractivity contribution in [1.29, 1.82) is 0 Å². The molecule has 2 aromatic carbocycles. The van der Waals surface area contributed by atoms with Crippen molar-refractivity contribution in [3.63, 3.8) is 0 Å². The zero-order valence-electron chi connectivity index (χ0n) is 17.5. The van der Waals surface area contributed by atoms with Gasteiger partial charge in [-0.2, -0.15) is 0 Å². The average Bonchev–Trinajstić information content (AvgIpc) is 3.16. The molecule has 0 aliphatic carbocycles. The number of methoxy groups -OCH3 is 4. The second kappa shape index (κ2) is 9.94. The van der Waals surface area contributed by atoms with Gasteiger partial charge in [0.2, 0.25) is 11.1 Å². The smallest absolute Gasteiger partial charge is 0.234 e. The number of aromatic nitrogens is 3. The molecule has 164 valence electrons. The lowest BCUT2D eigenvalue weighted by Crippen LogP contribution is -2.16. The van der Waals surface area contributed by atoms with Gasteiger partial charge in [0, 0.05) is 29.4 Å². The van der Waals surface area contributed by atoms with Crippen LogP contribution in [0.4, 0.5) is 5.69 Å². The third-order valence-corrected chi connectivity index (χ3v) is 5.22. The van der Waals surface area contributed by atoms with Crippen LogP contribution in [0.3, 0.4) is 0 Å². The van der Waals surface area contributed by atoms with Crippen LogP contribution < -0.4 is 30.1 Å². The van der Waals surface area contributed by atoms with Crippen LogP contribution in [0.2, 0.25) is 0 Å². The molecule has 11 heteroatoms. The van der Waals surface area contributed by atoms with Crippen molar-refractivity contribution >= 4 is 23.4 Å². The van der Waals surface area contributed by atoms with E-state index in [2.05, 4.69) is 15.5 Å². The molecule has 1 heterocycles. The normalized spacial score (nSPS) is 10.5. The van der Waals surface area contributed by atoms with Gasteiger partial charge in [-0.25, -0.2) is 4.68 Å². The lowest BCUT2D eigenvalue weighted by molar-refractivity contribution is -0.113. The molecule has 0 aliphatic rings. The van der Waals surface area contributed by atoms with Crippen molar-refractivity contribution in [2.75, 3.05) is 45.4 Å². The molecule has 0 aliphatic heterocycles. The van der Waals surface area contributed by atoms with Gasteiger partial charge in [-0.15, -0.1) is 10.2 Å². The lowest BCUT2D eigenvalue weighted by Gasteiger charge is -2.10. The summed E-state index contributed by atoms with van der Waals surface area (Å²) in [5.74, 6) is 8.71. The van der Waals surface area contributed by atoms with E-state index in [0.29, 0.717) is 45.2 Å². The molecule has 1 aromatic heterocycles. The minimum atomic E-state index is -0.240. The van der Waals surface area contributed by atoms with Gasteiger partial charge in [-0.05, 0) is 18.2 Å². The minimum Gasteiger partial charge on any atom is -0.497 e. The second-order valence-corrected chi connectivity index (χ2v) is 7.13. The van der Waals surface area contributed by atoms with Crippen molar-refractivity contribution in [3.05, 3.63) is 36.4 Å². The lowest BCUT2D eigenvalue weighted by atomic mass is 10.2. The number of nitrogen functional groups attached to an aromatic ring is 1. The van der Waals surface area contributed by atoms with Crippen molar-refractivity contribution in [3.8, 4) is 34.4 Å². The molecule has 3 aromatic rings. The van der Waals surface area contributed by atoms with E-state index < -0.39 is 0 Å². The van der Waals surface area contributed by atoms with E-state index in [0.717, 1.165) is 11.8 Å². The van der Waals surface area contributed by atoms with Crippen LogP contribution in [0.15, 0.2) is 41.6 Å². The van der Waals surface area contributed by atoms with E-state index in [4.69, 9.17) is 24.8 Å². The van der Waals surface area contributed by atoms with Gasteiger partial charge in [-0.3, -0.25) is 4.79 Å². The highest BCUT2D eigenvalue weighted by atomic mass is 32.2. The first-order chi connectivity index (χ1) is 15.0. The quantitative estimate of drug-likeness (QED) is 0.377. The van der Waals surface area contributed by atoms with Gasteiger partial charge in [0.25, 0.3) is 0 Å². The molecule has 3 N–H and O–H groups in total. The summed E-state index contributed by atoms with van der Waals surface area (Å²) in [7, 11) is 6.19. The first-order valence-corrected chi connectivity index (χ1v) is 10.1. The van der Waals surface area contributed by atoms with E-state index in [1.165, 1.54) is 4.68 Å². The Bertz CT molecular complexity index is 1050. The van der Waals surface area contributed by atoms with Gasteiger partial charge >= 0.3 is 0 Å². The summed E-state index contributed by atoms with van der Waals surface area (Å²) < 4.78 is 22.3. The topological polar surface area (TPSA) is 123 Å². The van der Waals surface area contributed by atoms with Crippen LogP contribution in [0, 0.1) is 0 Å². The van der Waals surface area contributed by atoms with E-state index in [1.54, 1.807) is 64.8 Å². The van der Waals surface area contributed by atoms with Gasteiger partial charge in [0.05, 0.1) is 34.2 Å². The number of benzene rings is 2. The number of thioether (sulfide) groups is 1. The predicted molar refractivity (Wildman–Crippen MR) is 118 cm³/mol. The number of amides is 1. The van der Waals surface area contributed by atoms with Gasteiger partial charge in [0.1, 0.15) is 11.5 Å². The fraction of sp³-hybridized carbons (Fsp3) is 0.250. The summed E-state index contributed by atoms with van der Waals surface area (Å²) in [6.45, 7) is 0. The van der Waals surface area contributed by atoms with Crippen LogP contribution >= 0.6 is 11.8 Å². The Hall–Kier alpha value is -3.60. The van der Waals surface area contributed by atoms with Gasteiger partial charge in [0.15, 0.2) is 17.3 Å². The van der Waals surface area contributed by atoms with Crippen LogP contribution in [-0.2, 0) is 4.79 Å². The van der Waals surface area contributed by atoms with Crippen LogP contribution in [-0.4, -0.2) is 55.0 Å². The number of anilines is 1. The number of hydrogen-bond acceptors (Lipinski definition) is 9. The summed E-state index contributed by atoms with van der Waals surface area (Å²) >= 11 is 1.16. The summed E-state index contributed by atoms with van der Waals surface area (Å²) in [5, 5.41) is 11.4. The van der Waals surface area contributed by atoms with E-state index >= 15 is 0 Å². The number of nitrogens with two attached hydrogens (primary N) is 1. The third kappa shape index (κ3) is 5.12. The van der Waals surface area contributed by atoms with Crippen molar-refractivity contribution in [1.82, 2.24) is 14.9 Å². The van der Waals surface area contributed by atoms with Gasteiger partial charge in [-0.1, -0.05) is 11.8 Å². The number of nitrogens with zero attached hydrogens (tertiary/aromatic N) is 3. The van der Waals surface area contributed by atoms with Crippen LogP contribution in [0.1, 0.15) is 0 Å². The number of carbonyl (C=O) groups is 1. The van der Waals surface area contributed by atoms with Crippen LogP contribution in [0.5, 0.6) is 23.0 Å². The molecule has 10 nitrogen and oxygen atoms in total. The Balaban J connectivity index is 1.68. The maximum atomic E-state index is 12.4. The number of hydrogen-bond donors (Lipinski definition) is 2. The predicted octanol–water partition coefficient (Wildman–Crippen LogP) is 2.42. The van der Waals surface area contributed by atoms with Crippen molar-refractivity contribution < 1.29 is 23.7 Å². The molecule has 1 amide bonds. The molecule has 0 bridgehead atoms. The zero-order chi connectivity index (χ0) is 22.4. The average molecular weight is 446 g/mol. The Labute approximate surface area is 183 Å². The highest BCUT2D eigenvalue weighted by molar-refractivity contribution is 7.99. The number of carbonyl (C=O) groups excluding carboxylic acids is 1. The largest absolute Gasteiger partial charge is 0.497 e. The molecule has 0 spiro atoms. The fourth-order valence-electron chi connectivity index (χ4n) is 2.75. The first-order valence-electron chi connectivity index (χ1n) is 9.07. The number of ether oxygens (including phenoxy) is 4. The second-order valence-electron chi connectivity index (χ2n) is 6.18. The molecule has 0 fully saturated rings. The van der Waals surface area contributed by atoms with E-state index in [-0.39, 0.29) is 11.7 Å². The molecule has 0 atom stereocenters. The Morgan fingerprint density at radius 2 is 1.65 bits per heavy atom. The van der Waals surface area contributed by atoms with Gasteiger partial charge < -0.3 is 30.1 Å². The molecular formula is C20H23N5O5S. The molecular weight excluding hydrogens is 422 g/mol. The third-order valence-electron chi connectivity index (χ3n) is 4.27. The standard InChI is InChI=1S/C20H23N5O5S/c1-27-14-8-13(9-15(10-14)28-2)22-18(26)11-31-20-24-23-19(25(20)21)12-5-6-16(29-3)17(7-12)30-4/h5-10H,11,21H2,1-4H3,(H,22,26). The maximum Gasteiger partial charge on any atom is 0.234 e. The molecule has 0 saturated carbocycles. The summed E-state index contributed by atoms with van der Waals surface area (Å²) in [4.78, 5) is 12.4. The SMILES string of the molecule is COc1cc(NC(=O)CSc2nnc(-c3ccc(OC)c(OC)c3)n2N)cc(OC)c1.